The minimum atomic E-state index is -0.306. The second-order valence-corrected chi connectivity index (χ2v) is 6.00. The molecule has 0 bridgehead atoms. The van der Waals surface area contributed by atoms with Gasteiger partial charge in [0.1, 0.15) is 5.82 Å². The first-order chi connectivity index (χ1) is 9.65. The van der Waals surface area contributed by atoms with E-state index in [1.54, 1.807) is 12.3 Å². The van der Waals surface area contributed by atoms with E-state index in [1.807, 2.05) is 0 Å². The Balaban J connectivity index is 2.07. The third kappa shape index (κ3) is 3.52. The molecule has 1 amide bonds. The van der Waals surface area contributed by atoms with Crippen LogP contribution in [0.3, 0.4) is 0 Å². The Morgan fingerprint density at radius 2 is 2.20 bits per heavy atom. The highest BCUT2D eigenvalue weighted by atomic mass is 32.2. The molecule has 2 atom stereocenters. The summed E-state index contributed by atoms with van der Waals surface area (Å²) in [6.07, 6.45) is 5.79. The molecule has 5 heteroatoms. The van der Waals surface area contributed by atoms with Crippen LogP contribution in [0.1, 0.15) is 36.0 Å². The van der Waals surface area contributed by atoms with Crippen molar-refractivity contribution in [1.29, 1.82) is 0 Å². The van der Waals surface area contributed by atoms with Gasteiger partial charge in [0.15, 0.2) is 0 Å². The average Bonchev–Trinajstić information content (AvgIpc) is 2.48. The smallest absolute Gasteiger partial charge is 0.251 e. The number of halogens is 1. The number of hydrogen-bond donors (Lipinski definition) is 2. The van der Waals surface area contributed by atoms with Gasteiger partial charge in [0.05, 0.1) is 0 Å². The molecule has 0 aliphatic heterocycles. The third-order valence-electron chi connectivity index (χ3n) is 3.87. The van der Waals surface area contributed by atoms with Crippen molar-refractivity contribution in [1.82, 2.24) is 5.32 Å². The van der Waals surface area contributed by atoms with E-state index in [9.17, 15) is 14.3 Å². The lowest BCUT2D eigenvalue weighted by Gasteiger charge is -2.30. The van der Waals surface area contributed by atoms with Crippen molar-refractivity contribution < 1.29 is 14.3 Å². The van der Waals surface area contributed by atoms with Gasteiger partial charge in [-0.1, -0.05) is 12.8 Å². The molecule has 1 fully saturated rings. The van der Waals surface area contributed by atoms with Crippen LogP contribution in [-0.4, -0.2) is 29.9 Å². The average molecular weight is 297 g/mol. The number of amides is 1. The Morgan fingerprint density at radius 3 is 2.90 bits per heavy atom. The molecule has 1 aliphatic carbocycles. The summed E-state index contributed by atoms with van der Waals surface area (Å²) in [7, 11) is 0. The third-order valence-corrected chi connectivity index (χ3v) is 4.63. The fourth-order valence-corrected chi connectivity index (χ4v) is 3.18. The largest absolute Gasteiger partial charge is 0.396 e. The van der Waals surface area contributed by atoms with Gasteiger partial charge in [-0.3, -0.25) is 4.79 Å². The highest BCUT2D eigenvalue weighted by molar-refractivity contribution is 7.98. The van der Waals surface area contributed by atoms with Crippen molar-refractivity contribution in [3.05, 3.63) is 29.6 Å². The second kappa shape index (κ2) is 7.09. The molecule has 1 aromatic rings. The molecule has 2 N–H and O–H groups in total. The molecule has 0 spiro atoms. The number of rotatable bonds is 4. The zero-order valence-corrected chi connectivity index (χ0v) is 12.4. The van der Waals surface area contributed by atoms with E-state index in [0.717, 1.165) is 25.7 Å². The van der Waals surface area contributed by atoms with Crippen molar-refractivity contribution >= 4 is 17.7 Å². The summed E-state index contributed by atoms with van der Waals surface area (Å²) in [6.45, 7) is 0.102. The van der Waals surface area contributed by atoms with Crippen LogP contribution in [0.25, 0.3) is 0 Å². The van der Waals surface area contributed by atoms with Crippen LogP contribution in [-0.2, 0) is 0 Å². The van der Waals surface area contributed by atoms with Crippen molar-refractivity contribution in [2.24, 2.45) is 5.92 Å². The minimum Gasteiger partial charge on any atom is -0.396 e. The Hall–Kier alpha value is -1.07. The van der Waals surface area contributed by atoms with Crippen LogP contribution < -0.4 is 5.32 Å². The Morgan fingerprint density at radius 1 is 1.45 bits per heavy atom. The highest BCUT2D eigenvalue weighted by Gasteiger charge is 2.26. The van der Waals surface area contributed by atoms with Crippen molar-refractivity contribution in [3.63, 3.8) is 0 Å². The zero-order chi connectivity index (χ0) is 14.5. The summed E-state index contributed by atoms with van der Waals surface area (Å²) in [4.78, 5) is 12.7. The summed E-state index contributed by atoms with van der Waals surface area (Å²) in [5.74, 6) is -0.362. The summed E-state index contributed by atoms with van der Waals surface area (Å²) in [5, 5.41) is 12.3. The molecule has 0 saturated heterocycles. The van der Waals surface area contributed by atoms with Gasteiger partial charge < -0.3 is 10.4 Å². The molecule has 0 heterocycles. The van der Waals surface area contributed by atoms with E-state index >= 15 is 0 Å². The Labute approximate surface area is 123 Å². The van der Waals surface area contributed by atoms with Crippen LogP contribution in [0.2, 0.25) is 0 Å². The number of aliphatic hydroxyl groups excluding tert-OH is 1. The van der Waals surface area contributed by atoms with E-state index < -0.39 is 0 Å². The molecule has 1 aromatic carbocycles. The van der Waals surface area contributed by atoms with Gasteiger partial charge in [-0.25, -0.2) is 4.39 Å². The molecular weight excluding hydrogens is 277 g/mol. The van der Waals surface area contributed by atoms with Gasteiger partial charge in [0.2, 0.25) is 0 Å². The topological polar surface area (TPSA) is 49.3 Å². The van der Waals surface area contributed by atoms with E-state index in [4.69, 9.17) is 0 Å². The monoisotopic (exact) mass is 297 g/mol. The minimum absolute atomic E-state index is 0.0176. The predicted octanol–water partition coefficient (Wildman–Crippen LogP) is 2.83. The number of carbonyl (C=O) groups excluding carboxylic acids is 1. The van der Waals surface area contributed by atoms with Gasteiger partial charge in [0, 0.05) is 29.0 Å². The Kier molecular flexibility index (Phi) is 5.43. The molecule has 20 heavy (non-hydrogen) atoms. The predicted molar refractivity (Wildman–Crippen MR) is 78.5 cm³/mol. The maximum atomic E-state index is 13.4. The molecule has 2 unspecified atom stereocenters. The number of thioether (sulfide) groups is 1. The van der Waals surface area contributed by atoms with Crippen molar-refractivity contribution in [3.8, 4) is 0 Å². The number of carbonyl (C=O) groups is 1. The van der Waals surface area contributed by atoms with Gasteiger partial charge in [-0.05, 0) is 37.3 Å². The first kappa shape index (κ1) is 15.3. The molecular formula is C15H20FNO2S. The van der Waals surface area contributed by atoms with Crippen LogP contribution in [0, 0.1) is 11.7 Å². The van der Waals surface area contributed by atoms with Gasteiger partial charge in [0.25, 0.3) is 5.91 Å². The van der Waals surface area contributed by atoms with E-state index in [2.05, 4.69) is 5.32 Å². The molecule has 1 saturated carbocycles. The highest BCUT2D eigenvalue weighted by Crippen LogP contribution is 2.25. The number of benzene rings is 1. The number of aliphatic hydroxyl groups is 1. The second-order valence-electron chi connectivity index (χ2n) is 5.16. The van der Waals surface area contributed by atoms with Crippen LogP contribution in [0.15, 0.2) is 23.1 Å². The summed E-state index contributed by atoms with van der Waals surface area (Å²) in [6, 6.07) is 4.42. The Bertz CT molecular complexity index is 481. The molecule has 2 rings (SSSR count). The quantitative estimate of drug-likeness (QED) is 0.840. The summed E-state index contributed by atoms with van der Waals surface area (Å²) < 4.78 is 13.4. The first-order valence-electron chi connectivity index (χ1n) is 6.91. The first-order valence-corrected chi connectivity index (χ1v) is 8.13. The van der Waals surface area contributed by atoms with Gasteiger partial charge >= 0.3 is 0 Å². The van der Waals surface area contributed by atoms with Gasteiger partial charge in [-0.15, -0.1) is 11.8 Å². The van der Waals surface area contributed by atoms with Crippen molar-refractivity contribution in [2.45, 2.75) is 36.6 Å². The molecule has 1 aliphatic rings. The van der Waals surface area contributed by atoms with Crippen LogP contribution in [0.4, 0.5) is 4.39 Å². The number of nitrogens with one attached hydrogen (secondary N) is 1. The molecule has 0 radical (unpaired) electrons. The fourth-order valence-electron chi connectivity index (χ4n) is 2.67. The zero-order valence-electron chi connectivity index (χ0n) is 11.6. The maximum absolute atomic E-state index is 13.4. The molecule has 3 nitrogen and oxygen atoms in total. The van der Waals surface area contributed by atoms with E-state index in [-0.39, 0.29) is 30.3 Å². The normalized spacial score (nSPS) is 22.6. The van der Waals surface area contributed by atoms with Crippen LogP contribution in [0.5, 0.6) is 0 Å². The summed E-state index contributed by atoms with van der Waals surface area (Å²) >= 11 is 1.28. The maximum Gasteiger partial charge on any atom is 0.251 e. The van der Waals surface area contributed by atoms with E-state index in [0.29, 0.717) is 10.5 Å². The fraction of sp³-hybridized carbons (Fsp3) is 0.533. The molecule has 110 valence electrons. The summed E-state index contributed by atoms with van der Waals surface area (Å²) in [5.41, 5.74) is 0.470. The molecule has 0 aromatic heterocycles. The van der Waals surface area contributed by atoms with Gasteiger partial charge in [-0.2, -0.15) is 0 Å². The van der Waals surface area contributed by atoms with Crippen LogP contribution >= 0.6 is 11.8 Å². The lowest BCUT2D eigenvalue weighted by molar-refractivity contribution is 0.0872. The lowest BCUT2D eigenvalue weighted by atomic mass is 9.85. The number of hydrogen-bond acceptors (Lipinski definition) is 3. The van der Waals surface area contributed by atoms with Crippen molar-refractivity contribution in [2.75, 3.05) is 12.9 Å². The standard InChI is InChI=1S/C15H20FNO2S/c1-20-14-8-10(6-7-12(14)16)15(19)17-13-5-3-2-4-11(13)9-18/h6-8,11,13,18H,2-5,9H2,1H3,(H,17,19). The SMILES string of the molecule is CSc1cc(C(=O)NC2CCCCC2CO)ccc1F. The lowest BCUT2D eigenvalue weighted by Crippen LogP contribution is -2.43. The van der Waals surface area contributed by atoms with E-state index in [1.165, 1.54) is 23.9 Å².